The maximum atomic E-state index is 6.43. The fourth-order valence-corrected chi connectivity index (χ4v) is 2.77. The molecule has 7 heteroatoms. The lowest BCUT2D eigenvalue weighted by Gasteiger charge is -2.16. The van der Waals surface area contributed by atoms with Gasteiger partial charge >= 0.3 is 0 Å². The van der Waals surface area contributed by atoms with E-state index in [1.165, 1.54) is 0 Å². The largest absolute Gasteiger partial charge is 0.319 e. The number of nitrogens with zero attached hydrogens (tertiary/aromatic N) is 5. The van der Waals surface area contributed by atoms with E-state index in [9.17, 15) is 0 Å². The van der Waals surface area contributed by atoms with Crippen molar-refractivity contribution in [3.8, 4) is 0 Å². The molecule has 2 aromatic rings. The highest BCUT2D eigenvalue weighted by molar-refractivity contribution is 9.10. The van der Waals surface area contributed by atoms with Gasteiger partial charge in [0.05, 0.1) is 34.6 Å². The van der Waals surface area contributed by atoms with E-state index < -0.39 is 0 Å². The van der Waals surface area contributed by atoms with Gasteiger partial charge in [0, 0.05) is 25.4 Å². The van der Waals surface area contributed by atoms with Crippen LogP contribution >= 0.6 is 15.9 Å². The van der Waals surface area contributed by atoms with E-state index in [2.05, 4.69) is 31.0 Å². The van der Waals surface area contributed by atoms with Gasteiger partial charge in [-0.2, -0.15) is 10.2 Å². The van der Waals surface area contributed by atoms with E-state index in [0.29, 0.717) is 0 Å². The zero-order valence-electron chi connectivity index (χ0n) is 12.3. The van der Waals surface area contributed by atoms with Gasteiger partial charge in [-0.15, -0.1) is 0 Å². The average molecular weight is 341 g/mol. The van der Waals surface area contributed by atoms with Crippen LogP contribution < -0.4 is 5.73 Å². The topological polar surface area (TPSA) is 64.9 Å². The molecule has 0 amide bonds. The molecule has 20 heavy (non-hydrogen) atoms. The van der Waals surface area contributed by atoms with Gasteiger partial charge in [-0.1, -0.05) is 0 Å². The van der Waals surface area contributed by atoms with Crippen molar-refractivity contribution in [1.29, 1.82) is 0 Å². The minimum atomic E-state index is -0.234. The highest BCUT2D eigenvalue weighted by atomic mass is 79.9. The summed E-state index contributed by atoms with van der Waals surface area (Å²) < 4.78 is 4.69. The average Bonchev–Trinajstić information content (AvgIpc) is 2.89. The van der Waals surface area contributed by atoms with Gasteiger partial charge in [-0.25, -0.2) is 0 Å². The number of rotatable bonds is 5. The summed E-state index contributed by atoms with van der Waals surface area (Å²) in [6.07, 6.45) is 3.77. The summed E-state index contributed by atoms with van der Waals surface area (Å²) in [6.45, 7) is 3.70. The van der Waals surface area contributed by atoms with Crippen molar-refractivity contribution in [3.05, 3.63) is 33.8 Å². The molecule has 0 aliphatic heterocycles. The number of aromatic nitrogens is 4. The van der Waals surface area contributed by atoms with Crippen LogP contribution in [0.3, 0.4) is 0 Å². The number of nitrogens with two attached hydrogens (primary N) is 1. The first-order valence-corrected chi connectivity index (χ1v) is 7.31. The monoisotopic (exact) mass is 340 g/mol. The molecule has 1 unspecified atom stereocenters. The van der Waals surface area contributed by atoms with E-state index >= 15 is 0 Å². The Balaban J connectivity index is 2.31. The Morgan fingerprint density at radius 2 is 2.15 bits per heavy atom. The predicted octanol–water partition coefficient (Wildman–Crippen LogP) is 1.30. The van der Waals surface area contributed by atoms with E-state index in [1.807, 2.05) is 38.9 Å². The van der Waals surface area contributed by atoms with Gasteiger partial charge in [0.1, 0.15) is 0 Å². The number of hydrogen-bond donors (Lipinski definition) is 1. The van der Waals surface area contributed by atoms with Crippen molar-refractivity contribution >= 4 is 15.9 Å². The van der Waals surface area contributed by atoms with Crippen LogP contribution in [0.25, 0.3) is 0 Å². The molecule has 0 radical (unpaired) electrons. The van der Waals surface area contributed by atoms with Gasteiger partial charge in [-0.05, 0) is 36.9 Å². The van der Waals surface area contributed by atoms with Crippen LogP contribution in [0.15, 0.2) is 16.9 Å². The van der Waals surface area contributed by atoms with Crippen LogP contribution in [-0.2, 0) is 13.6 Å². The summed E-state index contributed by atoms with van der Waals surface area (Å²) in [5, 5.41) is 8.77. The van der Waals surface area contributed by atoms with Crippen LogP contribution in [0.1, 0.15) is 23.0 Å². The molecule has 0 spiro atoms. The lowest BCUT2D eigenvalue weighted by molar-refractivity contribution is 0.368. The van der Waals surface area contributed by atoms with Gasteiger partial charge in [0.2, 0.25) is 0 Å². The quantitative estimate of drug-likeness (QED) is 0.890. The standard InChI is InChI=1S/C13H21BrN6/c1-9-10(8-19(4)17-9)12(15)13-11(14)7-16-20(13)6-5-18(2)3/h7-8,12H,5-6,15H2,1-4H3. The van der Waals surface area contributed by atoms with E-state index in [4.69, 9.17) is 5.73 Å². The molecule has 0 aliphatic rings. The van der Waals surface area contributed by atoms with Gasteiger partial charge in [0.25, 0.3) is 0 Å². The molecule has 0 aromatic carbocycles. The molecular formula is C13H21BrN6. The van der Waals surface area contributed by atoms with E-state index in [-0.39, 0.29) is 6.04 Å². The highest BCUT2D eigenvalue weighted by Gasteiger charge is 2.21. The highest BCUT2D eigenvalue weighted by Crippen LogP contribution is 2.28. The summed E-state index contributed by atoms with van der Waals surface area (Å²) in [7, 11) is 5.99. The third kappa shape index (κ3) is 3.11. The molecule has 0 fully saturated rings. The molecule has 0 aliphatic carbocycles. The first-order valence-electron chi connectivity index (χ1n) is 6.51. The van der Waals surface area contributed by atoms with Crippen LogP contribution in [-0.4, -0.2) is 45.1 Å². The SMILES string of the molecule is Cc1nn(C)cc1C(N)c1c(Br)cnn1CCN(C)C. The fourth-order valence-electron chi connectivity index (χ4n) is 2.22. The first-order chi connectivity index (χ1) is 9.40. The fraction of sp³-hybridized carbons (Fsp3) is 0.538. The normalized spacial score (nSPS) is 13.2. The van der Waals surface area contributed by atoms with Crippen molar-refractivity contribution in [2.75, 3.05) is 20.6 Å². The molecule has 0 saturated heterocycles. The molecule has 0 saturated carbocycles. The van der Waals surface area contributed by atoms with E-state index in [1.54, 1.807) is 10.9 Å². The molecular weight excluding hydrogens is 320 g/mol. The molecule has 2 aromatic heterocycles. The number of hydrogen-bond acceptors (Lipinski definition) is 4. The van der Waals surface area contributed by atoms with Crippen LogP contribution in [0.2, 0.25) is 0 Å². The summed E-state index contributed by atoms with van der Waals surface area (Å²) in [5.41, 5.74) is 9.39. The number of aryl methyl sites for hydroxylation is 2. The predicted molar refractivity (Wildman–Crippen MR) is 82.5 cm³/mol. The van der Waals surface area contributed by atoms with Crippen molar-refractivity contribution in [1.82, 2.24) is 24.5 Å². The molecule has 2 heterocycles. The van der Waals surface area contributed by atoms with Crippen molar-refractivity contribution in [2.45, 2.75) is 19.5 Å². The lowest BCUT2D eigenvalue weighted by atomic mass is 10.1. The Kier molecular flexibility index (Phi) is 4.62. The second-order valence-corrected chi connectivity index (χ2v) is 6.08. The minimum Gasteiger partial charge on any atom is -0.319 e. The lowest BCUT2D eigenvalue weighted by Crippen LogP contribution is -2.23. The Morgan fingerprint density at radius 3 is 2.70 bits per heavy atom. The summed E-state index contributed by atoms with van der Waals surface area (Å²) in [6, 6.07) is -0.234. The minimum absolute atomic E-state index is 0.234. The maximum Gasteiger partial charge on any atom is 0.0768 e. The Labute approximate surface area is 127 Å². The van der Waals surface area contributed by atoms with Crippen LogP contribution in [0, 0.1) is 6.92 Å². The third-order valence-electron chi connectivity index (χ3n) is 3.27. The molecule has 1 atom stereocenters. The smallest absolute Gasteiger partial charge is 0.0768 e. The van der Waals surface area contributed by atoms with Crippen LogP contribution in [0.4, 0.5) is 0 Å². The Bertz CT molecular complexity index is 586. The maximum absolute atomic E-state index is 6.43. The molecule has 2 N–H and O–H groups in total. The third-order valence-corrected chi connectivity index (χ3v) is 3.88. The summed E-state index contributed by atoms with van der Waals surface area (Å²) in [5.74, 6) is 0. The molecule has 2 rings (SSSR count). The van der Waals surface area contributed by atoms with Crippen LogP contribution in [0.5, 0.6) is 0 Å². The van der Waals surface area contributed by atoms with Crippen molar-refractivity contribution in [3.63, 3.8) is 0 Å². The molecule has 110 valence electrons. The zero-order valence-corrected chi connectivity index (χ0v) is 13.9. The van der Waals surface area contributed by atoms with Gasteiger partial charge in [0.15, 0.2) is 0 Å². The van der Waals surface area contributed by atoms with Gasteiger partial charge < -0.3 is 10.6 Å². The summed E-state index contributed by atoms with van der Waals surface area (Å²) in [4.78, 5) is 2.13. The van der Waals surface area contributed by atoms with Gasteiger partial charge in [-0.3, -0.25) is 9.36 Å². The Hall–Kier alpha value is -1.18. The second-order valence-electron chi connectivity index (χ2n) is 5.23. The molecule has 6 nitrogen and oxygen atoms in total. The summed E-state index contributed by atoms with van der Waals surface area (Å²) >= 11 is 3.55. The zero-order chi connectivity index (χ0) is 14.9. The van der Waals surface area contributed by atoms with Crippen molar-refractivity contribution < 1.29 is 0 Å². The Morgan fingerprint density at radius 1 is 1.45 bits per heavy atom. The first kappa shape index (κ1) is 15.2. The molecule has 0 bridgehead atoms. The number of likely N-dealkylation sites (N-methyl/N-ethyl adjacent to an activating group) is 1. The second kappa shape index (κ2) is 6.07. The van der Waals surface area contributed by atoms with Crippen molar-refractivity contribution in [2.24, 2.45) is 12.8 Å². The number of halogens is 1. The van der Waals surface area contributed by atoms with E-state index in [0.717, 1.165) is 34.5 Å².